The molecule has 1 aliphatic heterocycles. The largest absolute Gasteiger partial charge is 0.447 e. The topological polar surface area (TPSA) is 175 Å². The highest BCUT2D eigenvalue weighted by Crippen LogP contribution is 2.35. The SMILES string of the molecule is CCCC(NC(=O)C1[C@@H](C(C)C)CCN1C(=O)C(NC(=O)NC(COC(=O)NCC)C(C)(C)C)C1Cc2ccccc2C1)C(=O)C(=O)NCC. The van der Waals surface area contributed by atoms with E-state index in [2.05, 4.69) is 26.6 Å². The lowest BCUT2D eigenvalue weighted by Gasteiger charge is -2.35. The van der Waals surface area contributed by atoms with Crippen molar-refractivity contribution in [2.75, 3.05) is 26.2 Å². The van der Waals surface area contributed by atoms with Crippen molar-refractivity contribution in [1.29, 1.82) is 0 Å². The maximum Gasteiger partial charge on any atom is 0.407 e. The van der Waals surface area contributed by atoms with Crippen molar-refractivity contribution < 1.29 is 33.5 Å². The quantitative estimate of drug-likeness (QED) is 0.175. The van der Waals surface area contributed by atoms with Gasteiger partial charge in [-0.3, -0.25) is 19.2 Å². The van der Waals surface area contributed by atoms with Crippen LogP contribution in [-0.4, -0.2) is 90.9 Å². The summed E-state index contributed by atoms with van der Waals surface area (Å²) in [6.07, 6.45) is 1.94. The molecule has 0 bridgehead atoms. The number of rotatable bonds is 15. The number of nitrogens with zero attached hydrogens (tertiary/aromatic N) is 1. The van der Waals surface area contributed by atoms with E-state index < -0.39 is 59.3 Å². The van der Waals surface area contributed by atoms with E-state index in [-0.39, 0.29) is 43.2 Å². The van der Waals surface area contributed by atoms with Crippen LogP contribution in [0, 0.1) is 23.2 Å². The van der Waals surface area contributed by atoms with Crippen LogP contribution in [0.1, 0.15) is 85.8 Å². The minimum absolute atomic E-state index is 0.0372. The van der Waals surface area contributed by atoms with E-state index in [4.69, 9.17) is 4.74 Å². The fourth-order valence-electron chi connectivity index (χ4n) is 6.91. The molecule has 3 rings (SSSR count). The minimum atomic E-state index is -1.02. The van der Waals surface area contributed by atoms with Crippen LogP contribution in [0.3, 0.4) is 0 Å². The van der Waals surface area contributed by atoms with Gasteiger partial charge < -0.3 is 36.2 Å². The summed E-state index contributed by atoms with van der Waals surface area (Å²) in [6.45, 7) is 16.0. The summed E-state index contributed by atoms with van der Waals surface area (Å²) in [4.78, 5) is 81.5. The van der Waals surface area contributed by atoms with Crippen molar-refractivity contribution in [3.8, 4) is 0 Å². The fourth-order valence-corrected chi connectivity index (χ4v) is 6.91. The van der Waals surface area contributed by atoms with Gasteiger partial charge in [0.05, 0.1) is 12.1 Å². The zero-order valence-corrected chi connectivity index (χ0v) is 31.0. The van der Waals surface area contributed by atoms with Crippen molar-refractivity contribution >= 4 is 35.6 Å². The van der Waals surface area contributed by atoms with Crippen LogP contribution in [0.4, 0.5) is 9.59 Å². The molecule has 4 unspecified atom stereocenters. The number of urea groups is 1. The lowest BCUT2D eigenvalue weighted by molar-refractivity contribution is -0.144. The third-order valence-corrected chi connectivity index (χ3v) is 9.78. The highest BCUT2D eigenvalue weighted by molar-refractivity contribution is 6.38. The highest BCUT2D eigenvalue weighted by Gasteiger charge is 2.47. The van der Waals surface area contributed by atoms with Crippen LogP contribution >= 0.6 is 0 Å². The smallest absolute Gasteiger partial charge is 0.407 e. The van der Waals surface area contributed by atoms with Crippen molar-refractivity contribution in [2.45, 2.75) is 112 Å². The normalized spacial score (nSPS) is 19.2. The number of alkyl carbamates (subject to hydrolysis) is 1. The molecular formula is C37H58N6O7. The Morgan fingerprint density at radius 1 is 0.900 bits per heavy atom. The zero-order chi connectivity index (χ0) is 37.2. The number of likely N-dealkylation sites (N-methyl/N-ethyl adjacent to an activating group) is 1. The van der Waals surface area contributed by atoms with Gasteiger partial charge in [0.1, 0.15) is 18.7 Å². The lowest BCUT2D eigenvalue weighted by Crippen LogP contribution is -2.61. The summed E-state index contributed by atoms with van der Waals surface area (Å²) < 4.78 is 5.36. The summed E-state index contributed by atoms with van der Waals surface area (Å²) in [7, 11) is 0. The molecule has 0 saturated carbocycles. The van der Waals surface area contributed by atoms with Crippen molar-refractivity contribution in [3.05, 3.63) is 35.4 Å². The Bertz CT molecular complexity index is 1350. The van der Waals surface area contributed by atoms with Crippen LogP contribution in [-0.2, 0) is 36.8 Å². The molecule has 1 aromatic carbocycles. The third kappa shape index (κ3) is 10.4. The number of hydrogen-bond donors (Lipinski definition) is 5. The summed E-state index contributed by atoms with van der Waals surface area (Å²) in [5.74, 6) is -2.79. The monoisotopic (exact) mass is 698 g/mol. The van der Waals surface area contributed by atoms with E-state index in [0.29, 0.717) is 38.8 Å². The second-order valence-electron chi connectivity index (χ2n) is 14.8. The van der Waals surface area contributed by atoms with E-state index >= 15 is 0 Å². The Kier molecular flexibility index (Phi) is 14.6. The van der Waals surface area contributed by atoms with Crippen LogP contribution < -0.4 is 26.6 Å². The van der Waals surface area contributed by atoms with Gasteiger partial charge in [0.25, 0.3) is 5.91 Å². The predicted octanol–water partition coefficient (Wildman–Crippen LogP) is 3.09. The molecule has 13 heteroatoms. The zero-order valence-electron chi connectivity index (χ0n) is 31.0. The lowest BCUT2D eigenvalue weighted by atomic mass is 9.87. The molecule has 1 aliphatic carbocycles. The molecule has 5 N–H and O–H groups in total. The van der Waals surface area contributed by atoms with Gasteiger partial charge in [0.2, 0.25) is 17.6 Å². The van der Waals surface area contributed by atoms with Gasteiger partial charge >= 0.3 is 12.1 Å². The standard InChI is InChI=1S/C37H58N6O7/c1-9-14-27(31(44)33(46)38-10-2)40-32(45)30-26(22(4)5)17-18-43(30)34(47)29(25-19-23-15-12-13-16-24(23)20-25)42-35(48)41-28(37(6,7)8)21-50-36(49)39-11-3/h12-13,15-16,22,25-30H,9-11,14,17-21H2,1-8H3,(H,38,46)(H,39,49)(H,40,45)(H2,41,42,48)/t26-,27?,28?,29?,30?/m1/s1. The fraction of sp³-hybridized carbons (Fsp3) is 0.676. The minimum Gasteiger partial charge on any atom is -0.447 e. The number of Topliss-reactive ketones (excluding diaryl/α,β-unsaturated/α-hetero) is 1. The number of carbonyl (C=O) groups excluding carboxylic acids is 6. The Morgan fingerprint density at radius 2 is 1.52 bits per heavy atom. The first-order valence-corrected chi connectivity index (χ1v) is 18.1. The molecule has 2 aliphatic rings. The summed E-state index contributed by atoms with van der Waals surface area (Å²) in [5.41, 5.74) is 1.71. The van der Waals surface area contributed by atoms with Crippen LogP contribution in [0.2, 0.25) is 0 Å². The van der Waals surface area contributed by atoms with Crippen LogP contribution in [0.5, 0.6) is 0 Å². The summed E-state index contributed by atoms with van der Waals surface area (Å²) in [5, 5.41) is 13.8. The second-order valence-corrected chi connectivity index (χ2v) is 14.8. The predicted molar refractivity (Wildman–Crippen MR) is 190 cm³/mol. The summed E-state index contributed by atoms with van der Waals surface area (Å²) >= 11 is 0. The van der Waals surface area contributed by atoms with E-state index in [0.717, 1.165) is 11.1 Å². The Hall–Kier alpha value is -4.16. The van der Waals surface area contributed by atoms with Gasteiger partial charge in [0.15, 0.2) is 0 Å². The number of hydrogen-bond acceptors (Lipinski definition) is 7. The number of benzene rings is 1. The maximum atomic E-state index is 14.7. The van der Waals surface area contributed by atoms with E-state index in [1.807, 2.05) is 65.8 Å². The van der Waals surface area contributed by atoms with Gasteiger partial charge in [-0.25, -0.2) is 9.59 Å². The Balaban J connectivity index is 1.91. The van der Waals surface area contributed by atoms with Gasteiger partial charge in [-0.05, 0) is 73.8 Å². The van der Waals surface area contributed by atoms with E-state index in [1.165, 1.54) is 0 Å². The first-order chi connectivity index (χ1) is 23.6. The molecule has 6 amide bonds. The van der Waals surface area contributed by atoms with Gasteiger partial charge in [-0.15, -0.1) is 0 Å². The molecule has 1 heterocycles. The van der Waals surface area contributed by atoms with Crippen LogP contribution in [0.15, 0.2) is 24.3 Å². The molecular weight excluding hydrogens is 640 g/mol. The average Bonchev–Trinajstić information content (AvgIpc) is 3.70. The van der Waals surface area contributed by atoms with Gasteiger partial charge in [0, 0.05) is 19.6 Å². The number of nitrogens with one attached hydrogen (secondary N) is 5. The number of carbonyl (C=O) groups is 6. The van der Waals surface area contributed by atoms with Crippen LogP contribution in [0.25, 0.3) is 0 Å². The molecule has 278 valence electrons. The molecule has 13 nitrogen and oxygen atoms in total. The average molecular weight is 699 g/mol. The summed E-state index contributed by atoms with van der Waals surface area (Å²) in [6, 6.07) is 3.88. The first kappa shape index (κ1) is 40.3. The molecule has 0 spiro atoms. The maximum absolute atomic E-state index is 14.7. The Morgan fingerprint density at radius 3 is 2.06 bits per heavy atom. The third-order valence-electron chi connectivity index (χ3n) is 9.78. The number of ether oxygens (including phenoxy) is 1. The van der Waals surface area contributed by atoms with Crippen molar-refractivity contribution in [3.63, 3.8) is 0 Å². The number of fused-ring (bicyclic) bond motifs is 1. The van der Waals surface area contributed by atoms with Crippen molar-refractivity contribution in [1.82, 2.24) is 31.5 Å². The molecule has 1 saturated heterocycles. The molecule has 1 aromatic rings. The highest BCUT2D eigenvalue weighted by atomic mass is 16.5. The molecule has 0 radical (unpaired) electrons. The van der Waals surface area contributed by atoms with Gasteiger partial charge in [-0.2, -0.15) is 0 Å². The van der Waals surface area contributed by atoms with Crippen molar-refractivity contribution in [2.24, 2.45) is 23.2 Å². The van der Waals surface area contributed by atoms with E-state index in [9.17, 15) is 28.8 Å². The van der Waals surface area contributed by atoms with E-state index in [1.54, 1.807) is 18.7 Å². The molecule has 50 heavy (non-hydrogen) atoms. The second kappa shape index (κ2) is 18.2. The molecule has 0 aromatic heterocycles. The van der Waals surface area contributed by atoms with Gasteiger partial charge in [-0.1, -0.05) is 72.2 Å². The molecule has 1 fully saturated rings. The Labute approximate surface area is 296 Å². The first-order valence-electron chi connectivity index (χ1n) is 18.1. The molecule has 5 atom stereocenters. The number of amides is 6. The number of ketones is 1. The number of likely N-dealkylation sites (tertiary alicyclic amines) is 1.